The Hall–Kier alpha value is -0.0800. The average molecular weight is 222 g/mol. The van der Waals surface area contributed by atoms with Gasteiger partial charge in [0.2, 0.25) is 0 Å². The maximum absolute atomic E-state index is 6.03. The van der Waals surface area contributed by atoms with Crippen molar-refractivity contribution in [3.63, 3.8) is 0 Å². The molecular formula is C14H22O2. The summed E-state index contributed by atoms with van der Waals surface area (Å²) in [4.78, 5) is 0. The van der Waals surface area contributed by atoms with E-state index < -0.39 is 0 Å². The molecule has 2 heteroatoms. The summed E-state index contributed by atoms with van der Waals surface area (Å²) in [5, 5.41) is 0. The molecule has 2 saturated carbocycles. The molecule has 4 rings (SSSR count). The van der Waals surface area contributed by atoms with Crippen LogP contribution in [-0.4, -0.2) is 22.4 Å². The van der Waals surface area contributed by atoms with E-state index in [4.69, 9.17) is 9.47 Å². The summed E-state index contributed by atoms with van der Waals surface area (Å²) in [6.07, 6.45) is 5.13. The summed E-state index contributed by atoms with van der Waals surface area (Å²) in [5.74, 6) is 1.61. The molecule has 2 nitrogen and oxygen atoms in total. The first kappa shape index (κ1) is 9.90. The zero-order valence-corrected chi connectivity index (χ0v) is 10.8. The van der Waals surface area contributed by atoms with Gasteiger partial charge in [0.05, 0.1) is 22.4 Å². The fourth-order valence-electron chi connectivity index (χ4n) is 4.95. The quantitative estimate of drug-likeness (QED) is 0.637. The molecule has 0 amide bonds. The van der Waals surface area contributed by atoms with Crippen molar-refractivity contribution in [2.24, 2.45) is 11.8 Å². The van der Waals surface area contributed by atoms with Crippen molar-refractivity contribution < 1.29 is 9.47 Å². The molecule has 4 aliphatic rings. The highest BCUT2D eigenvalue weighted by Crippen LogP contribution is 2.70. The van der Waals surface area contributed by atoms with E-state index in [1.807, 2.05) is 0 Å². The summed E-state index contributed by atoms with van der Waals surface area (Å²) in [6, 6.07) is 0. The molecule has 4 fully saturated rings. The van der Waals surface area contributed by atoms with E-state index in [0.717, 1.165) is 11.8 Å². The maximum atomic E-state index is 6.03. The summed E-state index contributed by atoms with van der Waals surface area (Å²) in [5.41, 5.74) is 0.804. The normalized spacial score (nSPS) is 71.2. The second kappa shape index (κ2) is 2.24. The Morgan fingerprint density at radius 3 is 1.94 bits per heavy atom. The van der Waals surface area contributed by atoms with Gasteiger partial charge in [-0.3, -0.25) is 0 Å². The van der Waals surface area contributed by atoms with Crippen LogP contribution in [0.2, 0.25) is 0 Å². The van der Waals surface area contributed by atoms with Crippen molar-refractivity contribution in [1.82, 2.24) is 0 Å². The van der Waals surface area contributed by atoms with Crippen molar-refractivity contribution in [2.75, 3.05) is 0 Å². The third kappa shape index (κ3) is 0.862. The molecule has 5 atom stereocenters. The first-order chi connectivity index (χ1) is 7.32. The third-order valence-electron chi connectivity index (χ3n) is 6.49. The van der Waals surface area contributed by atoms with E-state index >= 15 is 0 Å². The minimum atomic E-state index is 0.196. The van der Waals surface area contributed by atoms with Crippen LogP contribution in [0.25, 0.3) is 0 Å². The lowest BCUT2D eigenvalue weighted by Crippen LogP contribution is -2.28. The molecule has 0 radical (unpaired) electrons. The van der Waals surface area contributed by atoms with E-state index in [-0.39, 0.29) is 22.4 Å². The fourth-order valence-corrected chi connectivity index (χ4v) is 4.95. The molecule has 2 aliphatic carbocycles. The van der Waals surface area contributed by atoms with Crippen LogP contribution < -0.4 is 0 Å². The highest BCUT2D eigenvalue weighted by Gasteiger charge is 2.76. The number of rotatable bonds is 1. The average Bonchev–Trinajstić information content (AvgIpc) is 2.76. The highest BCUT2D eigenvalue weighted by atomic mass is 16.6. The smallest absolute Gasteiger partial charge is 0.0979 e. The van der Waals surface area contributed by atoms with Crippen LogP contribution in [0.4, 0.5) is 0 Å². The SMILES string of the molecule is CC12CC(C3CCC4(C)OC34C)CC1(C)O2. The number of fused-ring (bicyclic) bond motifs is 2. The minimum Gasteiger partial charge on any atom is -0.363 e. The summed E-state index contributed by atoms with van der Waals surface area (Å²) < 4.78 is 11.9. The molecule has 0 bridgehead atoms. The molecule has 2 aliphatic heterocycles. The highest BCUT2D eigenvalue weighted by molar-refractivity contribution is 5.25. The van der Waals surface area contributed by atoms with Crippen LogP contribution in [0, 0.1) is 11.8 Å². The standard InChI is InChI=1S/C14H22O2/c1-11-6-5-10(14(11,4)16-11)9-7-12(2)13(3,8-9)15-12/h9-10H,5-8H2,1-4H3. The summed E-state index contributed by atoms with van der Waals surface area (Å²) in [6.45, 7) is 9.21. The monoisotopic (exact) mass is 222 g/mol. The Morgan fingerprint density at radius 1 is 0.875 bits per heavy atom. The molecule has 90 valence electrons. The largest absolute Gasteiger partial charge is 0.363 e. The van der Waals surface area contributed by atoms with Gasteiger partial charge in [-0.15, -0.1) is 0 Å². The number of ether oxygens (including phenoxy) is 2. The molecule has 0 N–H and O–H groups in total. The number of hydrogen-bond acceptors (Lipinski definition) is 2. The van der Waals surface area contributed by atoms with Crippen molar-refractivity contribution in [3.05, 3.63) is 0 Å². The van der Waals surface area contributed by atoms with Gasteiger partial charge in [-0.1, -0.05) is 0 Å². The zero-order valence-electron chi connectivity index (χ0n) is 10.8. The van der Waals surface area contributed by atoms with E-state index in [1.165, 1.54) is 25.7 Å². The zero-order chi connectivity index (χ0) is 11.4. The first-order valence-corrected chi connectivity index (χ1v) is 6.72. The van der Waals surface area contributed by atoms with Crippen molar-refractivity contribution in [3.8, 4) is 0 Å². The van der Waals surface area contributed by atoms with Gasteiger partial charge < -0.3 is 9.47 Å². The van der Waals surface area contributed by atoms with E-state index in [1.54, 1.807) is 0 Å². The lowest BCUT2D eigenvalue weighted by molar-refractivity contribution is 0.0976. The van der Waals surface area contributed by atoms with Crippen LogP contribution in [0.15, 0.2) is 0 Å². The van der Waals surface area contributed by atoms with Crippen LogP contribution in [0.3, 0.4) is 0 Å². The van der Waals surface area contributed by atoms with E-state index in [9.17, 15) is 0 Å². The van der Waals surface area contributed by atoms with Crippen LogP contribution in [0.5, 0.6) is 0 Å². The molecule has 0 aromatic rings. The van der Waals surface area contributed by atoms with Crippen LogP contribution >= 0.6 is 0 Å². The van der Waals surface area contributed by atoms with E-state index in [0.29, 0.717) is 0 Å². The molecule has 0 aromatic heterocycles. The third-order valence-corrected chi connectivity index (χ3v) is 6.49. The Bertz CT molecular complexity index is 361. The van der Waals surface area contributed by atoms with Gasteiger partial charge in [0.15, 0.2) is 0 Å². The van der Waals surface area contributed by atoms with Gasteiger partial charge in [-0.25, -0.2) is 0 Å². The van der Waals surface area contributed by atoms with Gasteiger partial charge in [0, 0.05) is 0 Å². The topological polar surface area (TPSA) is 25.1 Å². The molecule has 16 heavy (non-hydrogen) atoms. The Balaban J connectivity index is 1.58. The first-order valence-electron chi connectivity index (χ1n) is 6.72. The lowest BCUT2D eigenvalue weighted by Gasteiger charge is -2.26. The molecule has 2 saturated heterocycles. The van der Waals surface area contributed by atoms with Crippen LogP contribution in [0.1, 0.15) is 53.4 Å². The predicted molar refractivity (Wildman–Crippen MR) is 61.2 cm³/mol. The van der Waals surface area contributed by atoms with Crippen molar-refractivity contribution in [1.29, 1.82) is 0 Å². The molecule has 2 heterocycles. The Kier molecular flexibility index (Phi) is 1.39. The van der Waals surface area contributed by atoms with Gasteiger partial charge in [0.1, 0.15) is 0 Å². The van der Waals surface area contributed by atoms with Crippen molar-refractivity contribution in [2.45, 2.75) is 75.8 Å². The Morgan fingerprint density at radius 2 is 1.50 bits per heavy atom. The molecule has 5 unspecified atom stereocenters. The summed E-state index contributed by atoms with van der Waals surface area (Å²) in [7, 11) is 0. The molecular weight excluding hydrogens is 200 g/mol. The number of hydrogen-bond donors (Lipinski definition) is 0. The fraction of sp³-hybridized carbons (Fsp3) is 1.00. The van der Waals surface area contributed by atoms with Gasteiger partial charge in [-0.05, 0) is 65.2 Å². The Labute approximate surface area is 97.7 Å². The maximum Gasteiger partial charge on any atom is 0.0979 e. The van der Waals surface area contributed by atoms with Gasteiger partial charge in [0.25, 0.3) is 0 Å². The lowest BCUT2D eigenvalue weighted by atomic mass is 9.80. The predicted octanol–water partition coefficient (Wildman–Crippen LogP) is 2.90. The number of epoxide rings is 2. The van der Waals surface area contributed by atoms with E-state index in [2.05, 4.69) is 27.7 Å². The van der Waals surface area contributed by atoms with Crippen LogP contribution in [-0.2, 0) is 9.47 Å². The molecule has 0 spiro atoms. The second-order valence-corrected chi connectivity index (χ2v) is 7.32. The minimum absolute atomic E-state index is 0.196. The van der Waals surface area contributed by atoms with Gasteiger partial charge in [-0.2, -0.15) is 0 Å². The second-order valence-electron chi connectivity index (χ2n) is 7.32. The van der Waals surface area contributed by atoms with Crippen molar-refractivity contribution >= 4 is 0 Å². The van der Waals surface area contributed by atoms with Gasteiger partial charge >= 0.3 is 0 Å². The molecule has 0 aromatic carbocycles. The summed E-state index contributed by atoms with van der Waals surface area (Å²) >= 11 is 0.